The highest BCUT2D eigenvalue weighted by Crippen LogP contribution is 2.32. The first-order valence-electron chi connectivity index (χ1n) is 13.1. The zero-order valence-corrected chi connectivity index (χ0v) is 26.3. The first-order valence-corrected chi connectivity index (χ1v) is 16.4. The number of ether oxygens (including phenoxy) is 2. The van der Waals surface area contributed by atoms with E-state index in [2.05, 4.69) is 30.4 Å². The number of carbonyl (C=O) groups excluding carboxylic acids is 1. The van der Waals surface area contributed by atoms with Crippen molar-refractivity contribution in [2.45, 2.75) is 23.4 Å². The topological polar surface area (TPSA) is 158 Å². The normalized spacial score (nSPS) is 11.2. The summed E-state index contributed by atoms with van der Waals surface area (Å²) in [6.45, 7) is 1.73. The highest BCUT2D eigenvalue weighted by Gasteiger charge is 2.18. The molecule has 0 atom stereocenters. The highest BCUT2D eigenvalue weighted by molar-refractivity contribution is 7.99. The van der Waals surface area contributed by atoms with Crippen LogP contribution in [-0.2, 0) is 14.8 Å². The summed E-state index contributed by atoms with van der Waals surface area (Å²) >= 11 is 2.44. The molecule has 2 N–H and O–H groups in total. The van der Waals surface area contributed by atoms with Gasteiger partial charge in [-0.1, -0.05) is 23.1 Å². The first-order chi connectivity index (χ1) is 21.2. The van der Waals surface area contributed by atoms with E-state index in [1.807, 2.05) is 48.5 Å². The van der Waals surface area contributed by atoms with E-state index in [-0.39, 0.29) is 22.4 Å². The molecule has 3 aromatic carbocycles. The van der Waals surface area contributed by atoms with E-state index < -0.39 is 10.0 Å². The molecule has 0 bridgehead atoms. The van der Waals surface area contributed by atoms with Gasteiger partial charge in [0.15, 0.2) is 0 Å². The van der Waals surface area contributed by atoms with Crippen LogP contribution in [0.3, 0.4) is 0 Å². The lowest BCUT2D eigenvalue weighted by Crippen LogP contribution is -2.14. The highest BCUT2D eigenvalue weighted by atomic mass is 32.2. The summed E-state index contributed by atoms with van der Waals surface area (Å²) in [5.74, 6) is 1.60. The lowest BCUT2D eigenvalue weighted by atomic mass is 10.0. The van der Waals surface area contributed by atoms with Crippen LogP contribution >= 0.6 is 23.1 Å². The zero-order chi connectivity index (χ0) is 31.1. The third-order valence-electron chi connectivity index (χ3n) is 6.15. The molecule has 44 heavy (non-hydrogen) atoms. The fourth-order valence-electron chi connectivity index (χ4n) is 3.95. The smallest absolute Gasteiger partial charge is 0.263 e. The summed E-state index contributed by atoms with van der Waals surface area (Å²) < 4.78 is 38.2. The monoisotopic (exact) mass is 649 g/mol. The van der Waals surface area contributed by atoms with Gasteiger partial charge in [0, 0.05) is 29.0 Å². The second-order valence-electron chi connectivity index (χ2n) is 9.15. The lowest BCUT2D eigenvalue weighted by Gasteiger charge is -2.11. The average Bonchev–Trinajstić information content (AvgIpc) is 3.44. The Morgan fingerprint density at radius 1 is 0.818 bits per heavy atom. The van der Waals surface area contributed by atoms with Crippen LogP contribution in [0.25, 0.3) is 22.5 Å². The van der Waals surface area contributed by atoms with Gasteiger partial charge in [-0.3, -0.25) is 9.52 Å². The third kappa shape index (κ3) is 7.67. The van der Waals surface area contributed by atoms with Crippen molar-refractivity contribution in [2.24, 2.45) is 0 Å². The molecule has 2 aromatic heterocycles. The van der Waals surface area contributed by atoms with Gasteiger partial charge in [-0.2, -0.15) is 0 Å². The van der Waals surface area contributed by atoms with Gasteiger partial charge < -0.3 is 14.8 Å². The number of methoxy groups -OCH3 is 2. The van der Waals surface area contributed by atoms with Crippen molar-refractivity contribution in [3.05, 3.63) is 77.8 Å². The number of thioether (sulfide) groups is 1. The molecule has 12 nitrogen and oxygen atoms in total. The van der Waals surface area contributed by atoms with E-state index in [0.717, 1.165) is 34.0 Å². The molecular formula is C29H27N7O5S3. The summed E-state index contributed by atoms with van der Waals surface area (Å²) in [6, 6.07) is 20.9. The van der Waals surface area contributed by atoms with Crippen LogP contribution < -0.4 is 19.5 Å². The van der Waals surface area contributed by atoms with Gasteiger partial charge >= 0.3 is 0 Å². The Bertz CT molecular complexity index is 1850. The fraction of sp³-hybridized carbons (Fsp3) is 0.172. The standard InChI is InChI=1S/C29H27N7O5S3/c1-18-32-35-29(43-18)36-44(38,39)24-14-8-21(9-15-24)30-25(37)16-17-42-28-31-26(19-4-10-22(40-2)11-5-19)27(33-34-28)20-6-12-23(41-3)13-7-20/h4-15H,16-17H2,1-3H3,(H,30,37)(H,35,36). The molecule has 1 amide bonds. The van der Waals surface area contributed by atoms with Crippen molar-refractivity contribution in [1.29, 1.82) is 0 Å². The zero-order valence-electron chi connectivity index (χ0n) is 23.8. The molecule has 0 fully saturated rings. The van der Waals surface area contributed by atoms with Gasteiger partial charge in [-0.15, -0.1) is 20.4 Å². The Hall–Kier alpha value is -4.60. The van der Waals surface area contributed by atoms with Crippen molar-refractivity contribution in [1.82, 2.24) is 25.4 Å². The third-order valence-corrected chi connectivity index (χ3v) is 9.23. The molecule has 15 heteroatoms. The van der Waals surface area contributed by atoms with E-state index in [9.17, 15) is 13.2 Å². The van der Waals surface area contributed by atoms with Crippen molar-refractivity contribution in [2.75, 3.05) is 30.0 Å². The molecule has 0 aliphatic rings. The number of aromatic nitrogens is 5. The summed E-state index contributed by atoms with van der Waals surface area (Å²) in [7, 11) is -0.616. The number of nitrogens with zero attached hydrogens (tertiary/aromatic N) is 5. The number of carbonyl (C=O) groups is 1. The molecular weight excluding hydrogens is 623 g/mol. The molecule has 226 valence electrons. The van der Waals surface area contributed by atoms with Gasteiger partial charge in [0.2, 0.25) is 16.2 Å². The van der Waals surface area contributed by atoms with Crippen molar-refractivity contribution in [3.8, 4) is 34.0 Å². The Morgan fingerprint density at radius 3 is 2.00 bits per heavy atom. The molecule has 0 aliphatic heterocycles. The Balaban J connectivity index is 1.22. The molecule has 0 radical (unpaired) electrons. The fourth-order valence-corrected chi connectivity index (χ4v) is 6.50. The maximum Gasteiger partial charge on any atom is 0.263 e. The molecule has 5 aromatic rings. The van der Waals surface area contributed by atoms with E-state index in [0.29, 0.717) is 33.0 Å². The van der Waals surface area contributed by atoms with Crippen LogP contribution in [0.1, 0.15) is 11.4 Å². The van der Waals surface area contributed by atoms with Gasteiger partial charge in [0.25, 0.3) is 10.0 Å². The van der Waals surface area contributed by atoms with E-state index in [1.54, 1.807) is 21.1 Å². The second kappa shape index (κ2) is 13.8. The Morgan fingerprint density at radius 2 is 1.43 bits per heavy atom. The van der Waals surface area contributed by atoms with E-state index in [4.69, 9.17) is 14.5 Å². The van der Waals surface area contributed by atoms with Crippen molar-refractivity contribution < 1.29 is 22.7 Å². The van der Waals surface area contributed by atoms with E-state index >= 15 is 0 Å². The summed E-state index contributed by atoms with van der Waals surface area (Å²) in [5, 5.41) is 20.4. The van der Waals surface area contributed by atoms with Crippen LogP contribution in [0.5, 0.6) is 11.5 Å². The minimum Gasteiger partial charge on any atom is -0.497 e. The molecule has 0 saturated carbocycles. The summed E-state index contributed by atoms with van der Waals surface area (Å²) in [6.07, 6.45) is 0.171. The molecule has 0 unspecified atom stereocenters. The van der Waals surface area contributed by atoms with Crippen LogP contribution in [0, 0.1) is 6.92 Å². The number of nitrogens with one attached hydrogen (secondary N) is 2. The number of aryl methyl sites for hydroxylation is 1. The van der Waals surface area contributed by atoms with E-state index in [1.165, 1.54) is 36.0 Å². The predicted molar refractivity (Wildman–Crippen MR) is 170 cm³/mol. The number of anilines is 2. The molecule has 5 rings (SSSR count). The summed E-state index contributed by atoms with van der Waals surface area (Å²) in [5.41, 5.74) is 3.39. The number of sulfonamides is 1. The predicted octanol–water partition coefficient (Wildman–Crippen LogP) is 5.30. The first kappa shape index (κ1) is 30.8. The van der Waals surface area contributed by atoms with Gasteiger partial charge in [-0.25, -0.2) is 13.4 Å². The quantitative estimate of drug-likeness (QED) is 0.169. The number of benzene rings is 3. The minimum absolute atomic E-state index is 0.0364. The molecule has 0 aliphatic carbocycles. The van der Waals surface area contributed by atoms with Crippen LogP contribution in [-0.4, -0.2) is 59.7 Å². The second-order valence-corrected chi connectivity index (χ2v) is 13.1. The van der Waals surface area contributed by atoms with Crippen LogP contribution in [0.2, 0.25) is 0 Å². The van der Waals surface area contributed by atoms with Gasteiger partial charge in [-0.05, 0) is 79.7 Å². The largest absolute Gasteiger partial charge is 0.497 e. The number of hydrogen-bond donors (Lipinski definition) is 2. The summed E-state index contributed by atoms with van der Waals surface area (Å²) in [4.78, 5) is 17.4. The number of amides is 1. The SMILES string of the molecule is COc1ccc(-c2nnc(SCCC(=O)Nc3ccc(S(=O)(=O)Nc4nnc(C)s4)cc3)nc2-c2ccc(OC)cc2)cc1. The molecule has 0 spiro atoms. The van der Waals surface area contributed by atoms with Crippen LogP contribution in [0.15, 0.2) is 82.8 Å². The minimum atomic E-state index is -3.83. The number of hydrogen-bond acceptors (Lipinski definition) is 12. The van der Waals surface area contributed by atoms with Crippen LogP contribution in [0.4, 0.5) is 10.8 Å². The number of rotatable bonds is 12. The molecule has 2 heterocycles. The van der Waals surface area contributed by atoms with Crippen molar-refractivity contribution in [3.63, 3.8) is 0 Å². The van der Waals surface area contributed by atoms with Gasteiger partial charge in [0.05, 0.1) is 19.1 Å². The Kier molecular flexibility index (Phi) is 9.67. The molecule has 0 saturated heterocycles. The van der Waals surface area contributed by atoms with Crippen molar-refractivity contribution >= 4 is 49.8 Å². The average molecular weight is 650 g/mol. The van der Waals surface area contributed by atoms with Gasteiger partial charge in [0.1, 0.15) is 27.9 Å². The maximum absolute atomic E-state index is 12.6. The maximum atomic E-state index is 12.6. The Labute approximate surface area is 262 Å². The lowest BCUT2D eigenvalue weighted by molar-refractivity contribution is -0.115.